The molecule has 1 heterocycles. The Morgan fingerprint density at radius 3 is 2.94 bits per heavy atom. The highest BCUT2D eigenvalue weighted by Crippen LogP contribution is 2.28. The van der Waals surface area contributed by atoms with E-state index >= 15 is 0 Å². The Bertz CT molecular complexity index is 438. The van der Waals surface area contributed by atoms with E-state index in [9.17, 15) is 4.79 Å². The van der Waals surface area contributed by atoms with Crippen molar-refractivity contribution in [2.24, 2.45) is 5.92 Å². The van der Waals surface area contributed by atoms with Gasteiger partial charge in [0.25, 0.3) is 5.56 Å². The topological polar surface area (TPSA) is 56.1 Å². The highest BCUT2D eigenvalue weighted by molar-refractivity contribution is 5.38. The van der Waals surface area contributed by atoms with E-state index in [1.807, 2.05) is 13.8 Å². The molecule has 0 unspecified atom stereocenters. The lowest BCUT2D eigenvalue weighted by Crippen LogP contribution is -2.25. The van der Waals surface area contributed by atoms with Crippen LogP contribution in [-0.2, 0) is 11.3 Å². The average molecular weight is 251 g/mol. The van der Waals surface area contributed by atoms with Crippen LogP contribution in [0.5, 0.6) is 0 Å². The standard InChI is InChI=1S/C13H21N3O2/c1-10(2)18-6-5-16-13(17)7-12(9-15-16)14-8-11-3-4-11/h7,9-11,14H,3-6,8H2,1-2H3. The summed E-state index contributed by atoms with van der Waals surface area (Å²) in [7, 11) is 0. The van der Waals surface area contributed by atoms with Gasteiger partial charge in [0.05, 0.1) is 31.1 Å². The van der Waals surface area contributed by atoms with E-state index < -0.39 is 0 Å². The van der Waals surface area contributed by atoms with Crippen LogP contribution in [-0.4, -0.2) is 29.0 Å². The molecule has 0 aromatic carbocycles. The second-order valence-corrected chi connectivity index (χ2v) is 5.05. The average Bonchev–Trinajstić information content (AvgIpc) is 3.12. The molecule has 1 aromatic heterocycles. The summed E-state index contributed by atoms with van der Waals surface area (Å²) in [6.45, 7) is 5.91. The molecule has 1 aliphatic carbocycles. The number of nitrogens with one attached hydrogen (secondary N) is 1. The molecule has 0 bridgehead atoms. The number of anilines is 1. The second-order valence-electron chi connectivity index (χ2n) is 5.05. The molecule has 0 atom stereocenters. The third kappa shape index (κ3) is 4.14. The van der Waals surface area contributed by atoms with Gasteiger partial charge in [-0.05, 0) is 32.6 Å². The second kappa shape index (κ2) is 6.00. The molecule has 0 aliphatic heterocycles. The molecule has 1 N–H and O–H groups in total. The fourth-order valence-electron chi connectivity index (χ4n) is 1.66. The van der Waals surface area contributed by atoms with Crippen molar-refractivity contribution in [2.45, 2.75) is 39.3 Å². The van der Waals surface area contributed by atoms with Crippen LogP contribution in [0.4, 0.5) is 5.69 Å². The monoisotopic (exact) mass is 251 g/mol. The van der Waals surface area contributed by atoms with Crippen molar-refractivity contribution in [3.63, 3.8) is 0 Å². The lowest BCUT2D eigenvalue weighted by molar-refractivity contribution is 0.0702. The first kappa shape index (κ1) is 13.1. The largest absolute Gasteiger partial charge is 0.383 e. The summed E-state index contributed by atoms with van der Waals surface area (Å²) < 4.78 is 6.84. The van der Waals surface area contributed by atoms with Crippen molar-refractivity contribution < 1.29 is 4.74 Å². The number of rotatable bonds is 7. The molecule has 1 aromatic rings. The maximum Gasteiger partial charge on any atom is 0.268 e. The highest BCUT2D eigenvalue weighted by Gasteiger charge is 2.20. The maximum atomic E-state index is 11.8. The number of nitrogens with zero attached hydrogens (tertiary/aromatic N) is 2. The van der Waals surface area contributed by atoms with Crippen molar-refractivity contribution in [1.29, 1.82) is 0 Å². The quantitative estimate of drug-likeness (QED) is 0.797. The third-order valence-electron chi connectivity index (χ3n) is 2.92. The zero-order valence-corrected chi connectivity index (χ0v) is 11.1. The minimum Gasteiger partial charge on any atom is -0.383 e. The first-order valence-corrected chi connectivity index (χ1v) is 6.58. The van der Waals surface area contributed by atoms with Gasteiger partial charge in [0.1, 0.15) is 0 Å². The number of aromatic nitrogens is 2. The summed E-state index contributed by atoms with van der Waals surface area (Å²) in [4.78, 5) is 11.8. The predicted molar refractivity (Wildman–Crippen MR) is 70.8 cm³/mol. The Morgan fingerprint density at radius 1 is 1.56 bits per heavy atom. The predicted octanol–water partition coefficient (Wildman–Crippen LogP) is 1.49. The fraction of sp³-hybridized carbons (Fsp3) is 0.692. The first-order valence-electron chi connectivity index (χ1n) is 6.58. The first-order chi connectivity index (χ1) is 8.65. The van der Waals surface area contributed by atoms with Gasteiger partial charge >= 0.3 is 0 Å². The molecule has 18 heavy (non-hydrogen) atoms. The summed E-state index contributed by atoms with van der Waals surface area (Å²) in [5.74, 6) is 0.784. The molecular formula is C13H21N3O2. The molecule has 100 valence electrons. The SMILES string of the molecule is CC(C)OCCn1ncc(NCC2CC2)cc1=O. The third-order valence-corrected chi connectivity index (χ3v) is 2.92. The Kier molecular flexibility index (Phi) is 4.36. The van der Waals surface area contributed by atoms with Gasteiger partial charge < -0.3 is 10.1 Å². The van der Waals surface area contributed by atoms with Crippen LogP contribution in [0.1, 0.15) is 26.7 Å². The molecule has 1 fully saturated rings. The minimum atomic E-state index is -0.0804. The van der Waals surface area contributed by atoms with E-state index in [1.54, 1.807) is 12.3 Å². The Labute approximate surface area is 107 Å². The minimum absolute atomic E-state index is 0.0804. The summed E-state index contributed by atoms with van der Waals surface area (Å²) >= 11 is 0. The highest BCUT2D eigenvalue weighted by atomic mass is 16.5. The van der Waals surface area contributed by atoms with Crippen LogP contribution in [0.3, 0.4) is 0 Å². The molecule has 0 spiro atoms. The van der Waals surface area contributed by atoms with Crippen molar-refractivity contribution in [3.8, 4) is 0 Å². The molecule has 0 saturated heterocycles. The summed E-state index contributed by atoms with van der Waals surface area (Å²) in [5, 5.41) is 7.38. The summed E-state index contributed by atoms with van der Waals surface area (Å²) in [5.41, 5.74) is 0.732. The smallest absolute Gasteiger partial charge is 0.268 e. The number of ether oxygens (including phenoxy) is 1. The van der Waals surface area contributed by atoms with Crippen LogP contribution in [0.15, 0.2) is 17.1 Å². The van der Waals surface area contributed by atoms with E-state index in [0.717, 1.165) is 18.2 Å². The van der Waals surface area contributed by atoms with Crippen LogP contribution in [0.2, 0.25) is 0 Å². The summed E-state index contributed by atoms with van der Waals surface area (Å²) in [6.07, 6.45) is 4.48. The molecule has 0 amide bonds. The van der Waals surface area contributed by atoms with Crippen molar-refractivity contribution in [1.82, 2.24) is 9.78 Å². The van der Waals surface area contributed by atoms with Crippen LogP contribution >= 0.6 is 0 Å². The van der Waals surface area contributed by atoms with Crippen molar-refractivity contribution >= 4 is 5.69 Å². The molecule has 1 aliphatic rings. The zero-order chi connectivity index (χ0) is 13.0. The van der Waals surface area contributed by atoms with E-state index in [4.69, 9.17) is 4.74 Å². The van der Waals surface area contributed by atoms with Gasteiger partial charge in [-0.2, -0.15) is 5.10 Å². The maximum absolute atomic E-state index is 11.8. The van der Waals surface area contributed by atoms with Gasteiger partial charge in [0.2, 0.25) is 0 Å². The van der Waals surface area contributed by atoms with Gasteiger partial charge in [0.15, 0.2) is 0 Å². The van der Waals surface area contributed by atoms with Gasteiger partial charge in [-0.1, -0.05) is 0 Å². The van der Waals surface area contributed by atoms with Gasteiger partial charge in [-0.15, -0.1) is 0 Å². The van der Waals surface area contributed by atoms with E-state index in [-0.39, 0.29) is 11.7 Å². The van der Waals surface area contributed by atoms with Crippen LogP contribution in [0, 0.1) is 5.92 Å². The normalized spacial score (nSPS) is 15.1. The lowest BCUT2D eigenvalue weighted by Gasteiger charge is -2.09. The molecule has 1 saturated carbocycles. The Morgan fingerprint density at radius 2 is 2.33 bits per heavy atom. The fourth-order valence-corrected chi connectivity index (χ4v) is 1.66. The molecule has 5 heteroatoms. The van der Waals surface area contributed by atoms with Gasteiger partial charge in [-0.3, -0.25) is 4.79 Å². The molecule has 0 radical (unpaired) electrons. The van der Waals surface area contributed by atoms with Gasteiger partial charge in [0, 0.05) is 12.6 Å². The molecule has 5 nitrogen and oxygen atoms in total. The Hall–Kier alpha value is -1.36. The number of hydrogen-bond donors (Lipinski definition) is 1. The van der Waals surface area contributed by atoms with E-state index in [0.29, 0.717) is 13.2 Å². The van der Waals surface area contributed by atoms with E-state index in [2.05, 4.69) is 10.4 Å². The molecule has 2 rings (SSSR count). The Balaban J connectivity index is 1.85. The van der Waals surface area contributed by atoms with Gasteiger partial charge in [-0.25, -0.2) is 4.68 Å². The van der Waals surface area contributed by atoms with Crippen LogP contribution in [0.25, 0.3) is 0 Å². The van der Waals surface area contributed by atoms with E-state index in [1.165, 1.54) is 17.5 Å². The summed E-state index contributed by atoms with van der Waals surface area (Å²) in [6, 6.07) is 1.60. The molecular weight excluding hydrogens is 230 g/mol. The zero-order valence-electron chi connectivity index (χ0n) is 11.1. The lowest BCUT2D eigenvalue weighted by atomic mass is 10.4. The number of hydrogen-bond acceptors (Lipinski definition) is 4. The van der Waals surface area contributed by atoms with Crippen molar-refractivity contribution in [2.75, 3.05) is 18.5 Å². The van der Waals surface area contributed by atoms with Crippen LogP contribution < -0.4 is 10.9 Å². The van der Waals surface area contributed by atoms with Crippen molar-refractivity contribution in [3.05, 3.63) is 22.6 Å².